The largest absolute Gasteiger partial charge is 0.321 e. The molecule has 3 heterocycles. The molecule has 0 aliphatic heterocycles. The molecule has 1 N–H and O–H groups in total. The van der Waals surface area contributed by atoms with Gasteiger partial charge >= 0.3 is 0 Å². The molecular formula is C18H20N6O. The fraction of sp³-hybridized carbons (Fsp3) is 0.278. The molecule has 0 aliphatic rings. The summed E-state index contributed by atoms with van der Waals surface area (Å²) in [6, 6.07) is 9.17. The van der Waals surface area contributed by atoms with Crippen molar-refractivity contribution < 1.29 is 4.79 Å². The lowest BCUT2D eigenvalue weighted by Crippen LogP contribution is -2.15. The number of hydrogen-bond donors (Lipinski definition) is 1. The minimum absolute atomic E-state index is 0.221. The van der Waals surface area contributed by atoms with E-state index in [4.69, 9.17) is 0 Å². The van der Waals surface area contributed by atoms with Gasteiger partial charge < -0.3 is 9.88 Å². The molecule has 0 radical (unpaired) electrons. The monoisotopic (exact) mass is 336 g/mol. The van der Waals surface area contributed by atoms with E-state index in [1.807, 2.05) is 42.8 Å². The van der Waals surface area contributed by atoms with Crippen LogP contribution >= 0.6 is 0 Å². The van der Waals surface area contributed by atoms with Crippen LogP contribution in [0.5, 0.6) is 0 Å². The minimum Gasteiger partial charge on any atom is -0.321 e. The quantitative estimate of drug-likeness (QED) is 0.774. The third-order valence-electron chi connectivity index (χ3n) is 4.01. The summed E-state index contributed by atoms with van der Waals surface area (Å²) in [4.78, 5) is 20.8. The summed E-state index contributed by atoms with van der Waals surface area (Å²) in [5, 5.41) is 10.8. The van der Waals surface area contributed by atoms with Crippen molar-refractivity contribution in [2.24, 2.45) is 7.05 Å². The minimum atomic E-state index is -0.269. The number of nitrogens with one attached hydrogen (secondary N) is 1. The van der Waals surface area contributed by atoms with E-state index in [2.05, 4.69) is 32.4 Å². The molecule has 0 unspecified atom stereocenters. The van der Waals surface area contributed by atoms with E-state index in [0.29, 0.717) is 11.5 Å². The van der Waals surface area contributed by atoms with Crippen LogP contribution in [-0.2, 0) is 13.5 Å². The molecule has 3 aromatic rings. The predicted molar refractivity (Wildman–Crippen MR) is 94.3 cm³/mol. The maximum absolute atomic E-state index is 12.3. The van der Waals surface area contributed by atoms with Crippen molar-refractivity contribution in [2.75, 3.05) is 5.32 Å². The van der Waals surface area contributed by atoms with E-state index in [1.54, 1.807) is 18.6 Å². The van der Waals surface area contributed by atoms with Gasteiger partial charge in [0.2, 0.25) is 0 Å². The Labute approximate surface area is 146 Å². The zero-order valence-electron chi connectivity index (χ0n) is 14.5. The standard InChI is InChI=1S/C18H20N6O/c1-12(9-17-23-20-11-24(17)3)14-7-8-19-16(10-14)22-18(25)15-6-4-5-13(2)21-15/h4-8,10-12H,9H2,1-3H3,(H,19,22,25)/t12-/m1/s1. The number of rotatable bonds is 5. The van der Waals surface area contributed by atoms with E-state index in [0.717, 1.165) is 23.5 Å². The number of pyridine rings is 2. The summed E-state index contributed by atoms with van der Waals surface area (Å²) >= 11 is 0. The Bertz CT molecular complexity index is 889. The molecular weight excluding hydrogens is 316 g/mol. The summed E-state index contributed by atoms with van der Waals surface area (Å²) in [5.74, 6) is 1.38. The summed E-state index contributed by atoms with van der Waals surface area (Å²) < 4.78 is 1.91. The Morgan fingerprint density at radius 3 is 2.88 bits per heavy atom. The lowest BCUT2D eigenvalue weighted by Gasteiger charge is -2.12. The van der Waals surface area contributed by atoms with Gasteiger partial charge in [0, 0.05) is 25.4 Å². The molecule has 25 heavy (non-hydrogen) atoms. The van der Waals surface area contributed by atoms with E-state index in [9.17, 15) is 4.79 Å². The van der Waals surface area contributed by atoms with Gasteiger partial charge in [-0.05, 0) is 42.7 Å². The maximum Gasteiger partial charge on any atom is 0.275 e. The van der Waals surface area contributed by atoms with Gasteiger partial charge in [-0.3, -0.25) is 4.79 Å². The van der Waals surface area contributed by atoms with Crippen molar-refractivity contribution in [1.82, 2.24) is 24.7 Å². The van der Waals surface area contributed by atoms with Crippen molar-refractivity contribution in [3.05, 3.63) is 65.6 Å². The Balaban J connectivity index is 1.73. The highest BCUT2D eigenvalue weighted by Crippen LogP contribution is 2.21. The van der Waals surface area contributed by atoms with Crippen LogP contribution in [0.4, 0.5) is 5.82 Å². The summed E-state index contributed by atoms with van der Waals surface area (Å²) in [6.07, 6.45) is 4.14. The summed E-state index contributed by atoms with van der Waals surface area (Å²) in [5.41, 5.74) is 2.25. The van der Waals surface area contributed by atoms with Crippen molar-refractivity contribution in [3.63, 3.8) is 0 Å². The molecule has 1 atom stereocenters. The fourth-order valence-electron chi connectivity index (χ4n) is 2.56. The number of aromatic nitrogens is 5. The predicted octanol–water partition coefficient (Wildman–Crippen LogP) is 2.51. The molecule has 0 saturated heterocycles. The first-order valence-electron chi connectivity index (χ1n) is 8.07. The molecule has 0 saturated carbocycles. The highest BCUT2D eigenvalue weighted by molar-refractivity contribution is 6.02. The number of nitrogens with zero attached hydrogens (tertiary/aromatic N) is 5. The SMILES string of the molecule is Cc1cccc(C(=O)Nc2cc([C@H](C)Cc3nncn3C)ccn2)n1. The van der Waals surface area contributed by atoms with Crippen LogP contribution in [0.1, 0.15) is 40.4 Å². The first kappa shape index (κ1) is 16.8. The van der Waals surface area contributed by atoms with Gasteiger partial charge in [-0.25, -0.2) is 9.97 Å². The van der Waals surface area contributed by atoms with Gasteiger partial charge in [0.25, 0.3) is 5.91 Å². The van der Waals surface area contributed by atoms with Crippen molar-refractivity contribution in [2.45, 2.75) is 26.2 Å². The molecule has 3 aromatic heterocycles. The summed E-state index contributed by atoms with van der Waals surface area (Å²) in [6.45, 7) is 3.96. The number of hydrogen-bond acceptors (Lipinski definition) is 5. The fourth-order valence-corrected chi connectivity index (χ4v) is 2.56. The number of anilines is 1. The second-order valence-electron chi connectivity index (χ2n) is 6.06. The van der Waals surface area contributed by atoms with Crippen molar-refractivity contribution in [1.29, 1.82) is 0 Å². The van der Waals surface area contributed by atoms with E-state index in [-0.39, 0.29) is 11.8 Å². The third kappa shape index (κ3) is 4.06. The highest BCUT2D eigenvalue weighted by Gasteiger charge is 2.13. The van der Waals surface area contributed by atoms with Crippen LogP contribution in [0, 0.1) is 6.92 Å². The van der Waals surface area contributed by atoms with Gasteiger partial charge in [0.1, 0.15) is 23.7 Å². The highest BCUT2D eigenvalue weighted by atomic mass is 16.1. The molecule has 0 aliphatic carbocycles. The molecule has 0 spiro atoms. The number of carbonyl (C=O) groups excluding carboxylic acids is 1. The molecule has 128 valence electrons. The average Bonchev–Trinajstić information content (AvgIpc) is 3.00. The lowest BCUT2D eigenvalue weighted by atomic mass is 9.98. The topological polar surface area (TPSA) is 85.6 Å². The zero-order valence-corrected chi connectivity index (χ0v) is 14.5. The lowest BCUT2D eigenvalue weighted by molar-refractivity contribution is 0.102. The van der Waals surface area contributed by atoms with Crippen LogP contribution in [0.2, 0.25) is 0 Å². The maximum atomic E-state index is 12.3. The Morgan fingerprint density at radius 1 is 1.32 bits per heavy atom. The molecule has 1 amide bonds. The molecule has 7 heteroatoms. The van der Waals surface area contributed by atoms with Gasteiger partial charge in [0.15, 0.2) is 0 Å². The van der Waals surface area contributed by atoms with Crippen LogP contribution in [0.25, 0.3) is 0 Å². The van der Waals surface area contributed by atoms with Gasteiger partial charge in [-0.1, -0.05) is 13.0 Å². The second kappa shape index (κ2) is 7.21. The molecule has 3 rings (SSSR count). The van der Waals surface area contributed by atoms with Gasteiger partial charge in [-0.2, -0.15) is 0 Å². The van der Waals surface area contributed by atoms with Gasteiger partial charge in [-0.15, -0.1) is 10.2 Å². The smallest absolute Gasteiger partial charge is 0.275 e. The van der Waals surface area contributed by atoms with Crippen LogP contribution in [0.3, 0.4) is 0 Å². The van der Waals surface area contributed by atoms with Crippen molar-refractivity contribution in [3.8, 4) is 0 Å². The van der Waals surface area contributed by atoms with Crippen LogP contribution in [-0.4, -0.2) is 30.6 Å². The molecule has 0 bridgehead atoms. The molecule has 7 nitrogen and oxygen atoms in total. The number of amides is 1. The zero-order chi connectivity index (χ0) is 17.8. The normalized spacial score (nSPS) is 12.0. The van der Waals surface area contributed by atoms with Crippen LogP contribution in [0.15, 0.2) is 42.9 Å². The number of aryl methyl sites for hydroxylation is 2. The first-order chi connectivity index (χ1) is 12.0. The van der Waals surface area contributed by atoms with E-state index < -0.39 is 0 Å². The van der Waals surface area contributed by atoms with Crippen LogP contribution < -0.4 is 5.32 Å². The number of carbonyl (C=O) groups is 1. The van der Waals surface area contributed by atoms with E-state index >= 15 is 0 Å². The third-order valence-corrected chi connectivity index (χ3v) is 4.01. The Kier molecular flexibility index (Phi) is 4.83. The van der Waals surface area contributed by atoms with Gasteiger partial charge in [0.05, 0.1) is 0 Å². The van der Waals surface area contributed by atoms with Crippen molar-refractivity contribution >= 4 is 11.7 Å². The Morgan fingerprint density at radius 2 is 2.16 bits per heavy atom. The van der Waals surface area contributed by atoms with E-state index in [1.165, 1.54) is 0 Å². The first-order valence-corrected chi connectivity index (χ1v) is 8.07. The molecule has 0 aromatic carbocycles. The Hall–Kier alpha value is -3.09. The summed E-state index contributed by atoms with van der Waals surface area (Å²) in [7, 11) is 1.93. The molecule has 0 fully saturated rings. The second-order valence-corrected chi connectivity index (χ2v) is 6.06. The average molecular weight is 336 g/mol.